The third-order valence-electron chi connectivity index (χ3n) is 2.35. The van der Waals surface area contributed by atoms with Crippen LogP contribution in [-0.2, 0) is 0 Å². The Kier molecular flexibility index (Phi) is 4.53. The van der Waals surface area contributed by atoms with Gasteiger partial charge in [-0.25, -0.2) is 9.59 Å². The first-order valence-electron chi connectivity index (χ1n) is 5.63. The van der Waals surface area contributed by atoms with Crippen LogP contribution in [0.15, 0.2) is 12.1 Å². The van der Waals surface area contributed by atoms with E-state index in [1.54, 1.807) is 0 Å². The minimum atomic E-state index is -1.10. The minimum absolute atomic E-state index is 0.0535. The quantitative estimate of drug-likeness (QED) is 0.617. The normalized spacial score (nSPS) is 9.89. The molecule has 0 aliphatic heterocycles. The summed E-state index contributed by atoms with van der Waals surface area (Å²) in [5, 5.41) is 23.9. The number of carboxylic acids is 2. The molecule has 98 valence electrons. The van der Waals surface area contributed by atoms with E-state index < -0.39 is 11.9 Å². The summed E-state index contributed by atoms with van der Waals surface area (Å²) in [7, 11) is 0. The minimum Gasteiger partial charge on any atom is -0.478 e. The van der Waals surface area contributed by atoms with Crippen LogP contribution in [0.2, 0.25) is 0 Å². The average Bonchev–Trinajstić information content (AvgIpc) is 2.30. The van der Waals surface area contributed by atoms with E-state index in [4.69, 9.17) is 10.2 Å². The fraction of sp³-hybridized carbons (Fsp3) is 0.333. The Hall–Kier alpha value is -2.24. The van der Waals surface area contributed by atoms with Gasteiger partial charge in [-0.1, -0.05) is 0 Å². The highest BCUT2D eigenvalue weighted by Crippen LogP contribution is 2.25. The Labute approximate surface area is 105 Å². The molecule has 1 rings (SSSR count). The molecule has 0 fully saturated rings. The van der Waals surface area contributed by atoms with Crippen LogP contribution >= 0.6 is 0 Å². The molecule has 0 aliphatic carbocycles. The van der Waals surface area contributed by atoms with Crippen LogP contribution in [0, 0.1) is 0 Å². The van der Waals surface area contributed by atoms with Crippen LogP contribution in [0.5, 0.6) is 0 Å². The maximum absolute atomic E-state index is 11.1. The second kappa shape index (κ2) is 5.90. The molecule has 0 amide bonds. The molecule has 6 nitrogen and oxygen atoms in total. The maximum atomic E-state index is 11.1. The summed E-state index contributed by atoms with van der Waals surface area (Å²) in [6.07, 6.45) is 0. The first kappa shape index (κ1) is 13.8. The van der Waals surface area contributed by atoms with Crippen molar-refractivity contribution in [1.29, 1.82) is 0 Å². The van der Waals surface area contributed by atoms with Gasteiger partial charge >= 0.3 is 11.9 Å². The van der Waals surface area contributed by atoms with E-state index in [1.165, 1.54) is 12.1 Å². The summed E-state index contributed by atoms with van der Waals surface area (Å²) in [4.78, 5) is 22.2. The summed E-state index contributed by atoms with van der Waals surface area (Å²) < 4.78 is 0. The zero-order valence-corrected chi connectivity index (χ0v) is 10.3. The summed E-state index contributed by atoms with van der Waals surface area (Å²) in [5.74, 6) is -2.19. The molecule has 1 aromatic carbocycles. The summed E-state index contributed by atoms with van der Waals surface area (Å²) in [5.41, 5.74) is 0.726. The van der Waals surface area contributed by atoms with Crippen molar-refractivity contribution in [3.63, 3.8) is 0 Å². The predicted octanol–water partition coefficient (Wildman–Crippen LogP) is 1.95. The van der Waals surface area contributed by atoms with Gasteiger partial charge in [0.15, 0.2) is 0 Å². The lowest BCUT2D eigenvalue weighted by Gasteiger charge is -2.13. The van der Waals surface area contributed by atoms with E-state index in [-0.39, 0.29) is 11.1 Å². The number of benzene rings is 1. The van der Waals surface area contributed by atoms with Gasteiger partial charge in [0.1, 0.15) is 0 Å². The summed E-state index contributed by atoms with van der Waals surface area (Å²) in [6.45, 7) is 4.65. The van der Waals surface area contributed by atoms with Gasteiger partial charge in [-0.15, -0.1) is 0 Å². The second-order valence-corrected chi connectivity index (χ2v) is 3.61. The zero-order chi connectivity index (χ0) is 13.7. The molecule has 4 N–H and O–H groups in total. The van der Waals surface area contributed by atoms with Crippen LogP contribution in [0.25, 0.3) is 0 Å². The molecular weight excluding hydrogens is 236 g/mol. The van der Waals surface area contributed by atoms with E-state index in [1.807, 2.05) is 13.8 Å². The Bertz CT molecular complexity index is 428. The first-order chi connectivity index (χ1) is 8.51. The largest absolute Gasteiger partial charge is 0.478 e. The van der Waals surface area contributed by atoms with Gasteiger partial charge < -0.3 is 20.8 Å². The highest BCUT2D eigenvalue weighted by atomic mass is 16.4. The van der Waals surface area contributed by atoms with E-state index in [0.717, 1.165) is 0 Å². The number of hydrogen-bond donors (Lipinski definition) is 4. The Morgan fingerprint density at radius 2 is 1.28 bits per heavy atom. The SMILES string of the molecule is CCNc1cc(C(=O)O)c(NCC)cc1C(=O)O. The van der Waals surface area contributed by atoms with Gasteiger partial charge in [0, 0.05) is 24.5 Å². The number of nitrogens with one attached hydrogen (secondary N) is 2. The molecular formula is C12H16N2O4. The van der Waals surface area contributed by atoms with Crippen LogP contribution in [0.3, 0.4) is 0 Å². The van der Waals surface area contributed by atoms with Gasteiger partial charge in [0.05, 0.1) is 11.1 Å². The summed E-state index contributed by atoms with van der Waals surface area (Å²) >= 11 is 0. The lowest BCUT2D eigenvalue weighted by Crippen LogP contribution is -2.12. The molecule has 1 aromatic rings. The molecule has 0 radical (unpaired) electrons. The molecule has 0 unspecified atom stereocenters. The number of hydrogen-bond acceptors (Lipinski definition) is 4. The first-order valence-corrected chi connectivity index (χ1v) is 5.63. The number of carboxylic acid groups (broad SMARTS) is 2. The molecule has 0 aliphatic rings. The lowest BCUT2D eigenvalue weighted by atomic mass is 10.1. The Morgan fingerprint density at radius 1 is 0.944 bits per heavy atom. The molecule has 0 aromatic heterocycles. The fourth-order valence-corrected chi connectivity index (χ4v) is 1.63. The smallest absolute Gasteiger partial charge is 0.337 e. The van der Waals surface area contributed by atoms with E-state index in [9.17, 15) is 9.59 Å². The lowest BCUT2D eigenvalue weighted by molar-refractivity contribution is 0.0682. The Morgan fingerprint density at radius 3 is 1.50 bits per heavy atom. The van der Waals surface area contributed by atoms with Crippen LogP contribution in [-0.4, -0.2) is 35.2 Å². The number of carbonyl (C=O) groups is 2. The van der Waals surface area contributed by atoms with Gasteiger partial charge in [-0.05, 0) is 26.0 Å². The highest BCUT2D eigenvalue weighted by molar-refractivity contribution is 6.02. The zero-order valence-electron chi connectivity index (χ0n) is 10.3. The molecule has 0 spiro atoms. The molecule has 0 saturated heterocycles. The Balaban J connectivity index is 3.39. The van der Waals surface area contributed by atoms with Crippen LogP contribution in [0.4, 0.5) is 11.4 Å². The highest BCUT2D eigenvalue weighted by Gasteiger charge is 2.17. The monoisotopic (exact) mass is 252 g/mol. The number of anilines is 2. The molecule has 0 atom stereocenters. The maximum Gasteiger partial charge on any atom is 0.337 e. The molecule has 18 heavy (non-hydrogen) atoms. The standard InChI is InChI=1S/C12H16N2O4/c1-3-13-9-5-8(12(17)18)10(14-4-2)6-7(9)11(15)16/h5-6,13-14H,3-4H2,1-2H3,(H,15,16)(H,17,18). The van der Waals surface area contributed by atoms with Crippen molar-refractivity contribution in [2.45, 2.75) is 13.8 Å². The molecule has 0 saturated carbocycles. The number of rotatable bonds is 6. The number of aromatic carboxylic acids is 2. The average molecular weight is 252 g/mol. The summed E-state index contributed by atoms with van der Waals surface area (Å²) in [6, 6.07) is 2.68. The van der Waals surface area contributed by atoms with Crippen LogP contribution in [0.1, 0.15) is 34.6 Å². The molecule has 0 bridgehead atoms. The third-order valence-corrected chi connectivity index (χ3v) is 2.35. The van der Waals surface area contributed by atoms with E-state index in [0.29, 0.717) is 24.5 Å². The van der Waals surface area contributed by atoms with Crippen molar-refractivity contribution in [3.8, 4) is 0 Å². The van der Waals surface area contributed by atoms with Crippen molar-refractivity contribution in [2.75, 3.05) is 23.7 Å². The molecule has 6 heteroatoms. The van der Waals surface area contributed by atoms with Gasteiger partial charge in [-0.3, -0.25) is 0 Å². The predicted molar refractivity (Wildman–Crippen MR) is 68.7 cm³/mol. The van der Waals surface area contributed by atoms with Gasteiger partial charge in [0.2, 0.25) is 0 Å². The molecule has 0 heterocycles. The third kappa shape index (κ3) is 2.91. The van der Waals surface area contributed by atoms with E-state index in [2.05, 4.69) is 10.6 Å². The van der Waals surface area contributed by atoms with Crippen LogP contribution < -0.4 is 10.6 Å². The van der Waals surface area contributed by atoms with Crippen molar-refractivity contribution < 1.29 is 19.8 Å². The van der Waals surface area contributed by atoms with Crippen molar-refractivity contribution in [1.82, 2.24) is 0 Å². The van der Waals surface area contributed by atoms with E-state index >= 15 is 0 Å². The fourth-order valence-electron chi connectivity index (χ4n) is 1.63. The second-order valence-electron chi connectivity index (χ2n) is 3.61. The van der Waals surface area contributed by atoms with Crippen molar-refractivity contribution >= 4 is 23.3 Å². The van der Waals surface area contributed by atoms with Gasteiger partial charge in [-0.2, -0.15) is 0 Å². The van der Waals surface area contributed by atoms with Gasteiger partial charge in [0.25, 0.3) is 0 Å². The van der Waals surface area contributed by atoms with Crippen molar-refractivity contribution in [2.24, 2.45) is 0 Å². The topological polar surface area (TPSA) is 98.7 Å². The van der Waals surface area contributed by atoms with Crippen molar-refractivity contribution in [3.05, 3.63) is 23.3 Å².